The van der Waals surface area contributed by atoms with E-state index >= 15 is 0 Å². The van der Waals surface area contributed by atoms with Crippen LogP contribution < -0.4 is 5.32 Å². The molecular formula is C11H10N2O2S. The minimum absolute atomic E-state index is 0.205. The second kappa shape index (κ2) is 4.40. The number of anilines is 1. The number of rotatable bonds is 3. The smallest absolute Gasteiger partial charge is 0.293 e. The van der Waals surface area contributed by atoms with Crippen LogP contribution in [0.1, 0.15) is 13.3 Å². The summed E-state index contributed by atoms with van der Waals surface area (Å²) in [4.78, 5) is 26.6. The predicted molar refractivity (Wildman–Crippen MR) is 63.5 cm³/mol. The lowest BCUT2D eigenvalue weighted by Gasteiger charge is -1.96. The first kappa shape index (κ1) is 10.8. The number of carbonyl (C=O) groups excluding carboxylic acids is 2. The fraction of sp³-hybridized carbons (Fsp3) is 0.182. The number of carbonyl (C=O) groups is 2. The Morgan fingerprint density at radius 1 is 1.38 bits per heavy atom. The fourth-order valence-corrected chi connectivity index (χ4v) is 2.11. The Hall–Kier alpha value is -1.75. The second-order valence-corrected chi connectivity index (χ2v) is 4.25. The van der Waals surface area contributed by atoms with Gasteiger partial charge in [-0.05, 0) is 12.1 Å². The van der Waals surface area contributed by atoms with Gasteiger partial charge in [-0.2, -0.15) is 0 Å². The van der Waals surface area contributed by atoms with E-state index in [-0.39, 0.29) is 6.42 Å². The van der Waals surface area contributed by atoms with Gasteiger partial charge in [0.1, 0.15) is 0 Å². The molecule has 1 heterocycles. The predicted octanol–water partition coefficient (Wildman–Crippen LogP) is 2.21. The van der Waals surface area contributed by atoms with E-state index in [2.05, 4.69) is 10.3 Å². The zero-order valence-electron chi connectivity index (χ0n) is 8.69. The molecular weight excluding hydrogens is 224 g/mol. The number of ketones is 1. The summed E-state index contributed by atoms with van der Waals surface area (Å²) >= 11 is 1.36. The van der Waals surface area contributed by atoms with Gasteiger partial charge in [-0.25, -0.2) is 4.98 Å². The van der Waals surface area contributed by atoms with Crippen LogP contribution in [0, 0.1) is 0 Å². The van der Waals surface area contributed by atoms with Crippen LogP contribution >= 0.6 is 11.3 Å². The number of aromatic nitrogens is 1. The molecule has 1 N–H and O–H groups in total. The molecule has 2 aromatic rings. The van der Waals surface area contributed by atoms with Crippen molar-refractivity contribution in [3.63, 3.8) is 0 Å². The zero-order chi connectivity index (χ0) is 11.5. The van der Waals surface area contributed by atoms with E-state index in [9.17, 15) is 9.59 Å². The van der Waals surface area contributed by atoms with Crippen molar-refractivity contribution in [2.75, 3.05) is 5.32 Å². The normalized spacial score (nSPS) is 10.3. The Balaban J connectivity index is 2.22. The summed E-state index contributed by atoms with van der Waals surface area (Å²) in [5.41, 5.74) is 0.826. The summed E-state index contributed by atoms with van der Waals surface area (Å²) in [5.74, 6) is -1.03. The molecule has 5 heteroatoms. The van der Waals surface area contributed by atoms with Gasteiger partial charge in [-0.1, -0.05) is 30.4 Å². The van der Waals surface area contributed by atoms with E-state index < -0.39 is 11.7 Å². The van der Waals surface area contributed by atoms with Crippen molar-refractivity contribution in [1.82, 2.24) is 4.98 Å². The van der Waals surface area contributed by atoms with Crippen LogP contribution in [0.4, 0.5) is 5.13 Å². The van der Waals surface area contributed by atoms with Crippen molar-refractivity contribution < 1.29 is 9.59 Å². The van der Waals surface area contributed by atoms with Gasteiger partial charge in [0.15, 0.2) is 5.13 Å². The third kappa shape index (κ3) is 2.09. The highest BCUT2D eigenvalue weighted by molar-refractivity contribution is 7.22. The van der Waals surface area contributed by atoms with Gasteiger partial charge in [0, 0.05) is 6.42 Å². The van der Waals surface area contributed by atoms with Gasteiger partial charge in [0.05, 0.1) is 10.2 Å². The summed E-state index contributed by atoms with van der Waals surface area (Å²) < 4.78 is 0.988. The van der Waals surface area contributed by atoms with Crippen molar-refractivity contribution in [3.8, 4) is 0 Å². The van der Waals surface area contributed by atoms with E-state index in [1.165, 1.54) is 11.3 Å². The topological polar surface area (TPSA) is 59.1 Å². The molecule has 0 aliphatic carbocycles. The molecule has 0 aliphatic rings. The Bertz CT molecular complexity index is 515. The van der Waals surface area contributed by atoms with E-state index in [1.807, 2.05) is 24.3 Å². The largest absolute Gasteiger partial charge is 0.295 e. The number of hydrogen-bond donors (Lipinski definition) is 1. The molecule has 16 heavy (non-hydrogen) atoms. The van der Waals surface area contributed by atoms with Crippen LogP contribution in [0.15, 0.2) is 24.3 Å². The first-order chi connectivity index (χ1) is 7.70. The van der Waals surface area contributed by atoms with Crippen LogP contribution in [-0.4, -0.2) is 16.7 Å². The van der Waals surface area contributed by atoms with Crippen molar-refractivity contribution >= 4 is 38.4 Å². The van der Waals surface area contributed by atoms with E-state index in [0.717, 1.165) is 10.2 Å². The fourth-order valence-electron chi connectivity index (χ4n) is 1.25. The Morgan fingerprint density at radius 3 is 2.81 bits per heavy atom. The number of nitrogens with zero attached hydrogens (tertiary/aromatic N) is 1. The summed E-state index contributed by atoms with van der Waals surface area (Å²) in [6, 6.07) is 7.57. The Morgan fingerprint density at radius 2 is 2.12 bits per heavy atom. The van der Waals surface area contributed by atoms with Crippen LogP contribution in [0.3, 0.4) is 0 Å². The van der Waals surface area contributed by atoms with Crippen LogP contribution in [0.2, 0.25) is 0 Å². The average molecular weight is 234 g/mol. The van der Waals surface area contributed by atoms with Gasteiger partial charge in [-0.3, -0.25) is 14.9 Å². The molecule has 4 nitrogen and oxygen atoms in total. The maximum atomic E-state index is 11.3. The highest BCUT2D eigenvalue weighted by Gasteiger charge is 2.13. The van der Waals surface area contributed by atoms with Gasteiger partial charge in [-0.15, -0.1) is 0 Å². The number of fused-ring (bicyclic) bond motifs is 1. The monoisotopic (exact) mass is 234 g/mol. The summed E-state index contributed by atoms with van der Waals surface area (Å²) in [7, 11) is 0. The summed E-state index contributed by atoms with van der Waals surface area (Å²) in [6.45, 7) is 1.65. The SMILES string of the molecule is CCC(=O)C(=O)Nc1nc2ccccc2s1. The van der Waals surface area contributed by atoms with Gasteiger partial charge >= 0.3 is 0 Å². The molecule has 0 saturated heterocycles. The zero-order valence-corrected chi connectivity index (χ0v) is 9.50. The highest BCUT2D eigenvalue weighted by atomic mass is 32.1. The number of nitrogens with one attached hydrogen (secondary N) is 1. The van der Waals surface area contributed by atoms with Crippen LogP contribution in [-0.2, 0) is 9.59 Å². The first-order valence-corrected chi connectivity index (χ1v) is 5.72. The standard InChI is InChI=1S/C11H10N2O2S/c1-2-8(14)10(15)13-11-12-7-5-3-4-6-9(7)16-11/h3-6H,2H2,1H3,(H,12,13,15). The Labute approximate surface area is 96.3 Å². The number of thiazole rings is 1. The molecule has 0 saturated carbocycles. The van der Waals surface area contributed by atoms with E-state index in [4.69, 9.17) is 0 Å². The van der Waals surface area contributed by atoms with Crippen molar-refractivity contribution in [2.45, 2.75) is 13.3 Å². The van der Waals surface area contributed by atoms with E-state index in [1.54, 1.807) is 6.92 Å². The molecule has 82 valence electrons. The molecule has 0 radical (unpaired) electrons. The molecule has 0 fully saturated rings. The van der Waals surface area contributed by atoms with Crippen LogP contribution in [0.5, 0.6) is 0 Å². The molecule has 1 aromatic carbocycles. The lowest BCUT2D eigenvalue weighted by molar-refractivity contribution is -0.134. The first-order valence-electron chi connectivity index (χ1n) is 4.90. The summed E-state index contributed by atoms with van der Waals surface area (Å²) in [6.07, 6.45) is 0.205. The lowest BCUT2D eigenvalue weighted by Crippen LogP contribution is -2.21. The minimum Gasteiger partial charge on any atom is -0.295 e. The van der Waals surface area contributed by atoms with Crippen LogP contribution in [0.25, 0.3) is 10.2 Å². The van der Waals surface area contributed by atoms with Crippen molar-refractivity contribution in [3.05, 3.63) is 24.3 Å². The summed E-state index contributed by atoms with van der Waals surface area (Å²) in [5, 5.41) is 2.97. The average Bonchev–Trinajstić information content (AvgIpc) is 2.69. The van der Waals surface area contributed by atoms with Crippen molar-refractivity contribution in [2.24, 2.45) is 0 Å². The quantitative estimate of drug-likeness (QED) is 0.828. The van der Waals surface area contributed by atoms with Crippen molar-refractivity contribution in [1.29, 1.82) is 0 Å². The number of hydrogen-bond acceptors (Lipinski definition) is 4. The maximum absolute atomic E-state index is 11.3. The van der Waals surface area contributed by atoms with E-state index in [0.29, 0.717) is 5.13 Å². The molecule has 2 rings (SSSR count). The van der Waals surface area contributed by atoms with Gasteiger partial charge < -0.3 is 0 Å². The highest BCUT2D eigenvalue weighted by Crippen LogP contribution is 2.25. The van der Waals surface area contributed by atoms with Gasteiger partial charge in [0.2, 0.25) is 5.78 Å². The third-order valence-electron chi connectivity index (χ3n) is 2.09. The Kier molecular flexibility index (Phi) is 2.96. The minimum atomic E-state index is -0.596. The molecule has 1 amide bonds. The lowest BCUT2D eigenvalue weighted by atomic mass is 10.3. The molecule has 0 bridgehead atoms. The number of benzene rings is 1. The molecule has 0 atom stereocenters. The molecule has 0 spiro atoms. The molecule has 0 unspecified atom stereocenters. The maximum Gasteiger partial charge on any atom is 0.293 e. The number of amides is 1. The number of Topliss-reactive ketones (excluding diaryl/α,β-unsaturated/α-hetero) is 1. The van der Waals surface area contributed by atoms with Gasteiger partial charge in [0.25, 0.3) is 5.91 Å². The molecule has 1 aromatic heterocycles. The molecule has 0 aliphatic heterocycles. The second-order valence-electron chi connectivity index (χ2n) is 3.22. The third-order valence-corrected chi connectivity index (χ3v) is 3.04. The number of para-hydroxylation sites is 1.